The Labute approximate surface area is 118 Å². The van der Waals surface area contributed by atoms with Gasteiger partial charge in [0.15, 0.2) is 5.84 Å². The van der Waals surface area contributed by atoms with Crippen molar-refractivity contribution in [2.75, 3.05) is 12.3 Å². The molecular formula is C13H23N3O2S. The Hall–Kier alpha value is -0.910. The van der Waals surface area contributed by atoms with Crippen molar-refractivity contribution in [3.8, 4) is 0 Å². The number of nitrogens with zero attached hydrogens (tertiary/aromatic N) is 2. The van der Waals surface area contributed by atoms with Gasteiger partial charge in [0.05, 0.1) is 0 Å². The summed E-state index contributed by atoms with van der Waals surface area (Å²) in [5, 5.41) is 12.6. The highest BCUT2D eigenvalue weighted by Gasteiger charge is 2.49. The molecule has 2 unspecified atom stereocenters. The summed E-state index contributed by atoms with van der Waals surface area (Å²) in [5.74, 6) is 1.11. The minimum absolute atomic E-state index is 0.0555. The molecule has 1 amide bonds. The lowest BCUT2D eigenvalue weighted by molar-refractivity contribution is -0.140. The Bertz CT molecular complexity index is 380. The van der Waals surface area contributed by atoms with Gasteiger partial charge in [0, 0.05) is 23.6 Å². The van der Waals surface area contributed by atoms with Gasteiger partial charge in [-0.05, 0) is 19.8 Å². The van der Waals surface area contributed by atoms with E-state index >= 15 is 0 Å². The number of rotatable bonds is 2. The van der Waals surface area contributed by atoms with Crippen LogP contribution < -0.4 is 5.73 Å². The van der Waals surface area contributed by atoms with Crippen molar-refractivity contribution in [3.63, 3.8) is 0 Å². The summed E-state index contributed by atoms with van der Waals surface area (Å²) >= 11 is 1.90. The molecule has 0 aromatic carbocycles. The molecule has 0 spiro atoms. The molecule has 0 bridgehead atoms. The molecule has 2 rings (SSSR count). The number of oxime groups is 1. The third-order valence-corrected chi connectivity index (χ3v) is 5.95. The maximum Gasteiger partial charge on any atom is 0.236 e. The van der Waals surface area contributed by atoms with E-state index < -0.39 is 5.41 Å². The normalized spacial score (nSPS) is 31.5. The van der Waals surface area contributed by atoms with Crippen LogP contribution in [0.4, 0.5) is 0 Å². The summed E-state index contributed by atoms with van der Waals surface area (Å²) in [6.45, 7) is 5.00. The van der Waals surface area contributed by atoms with Gasteiger partial charge in [-0.15, -0.1) is 0 Å². The molecule has 0 aromatic heterocycles. The van der Waals surface area contributed by atoms with E-state index in [1.165, 1.54) is 0 Å². The molecule has 1 saturated heterocycles. The highest BCUT2D eigenvalue weighted by atomic mass is 32.2. The predicted molar refractivity (Wildman–Crippen MR) is 77.4 cm³/mol. The Morgan fingerprint density at radius 2 is 2.05 bits per heavy atom. The fourth-order valence-electron chi connectivity index (χ4n) is 3.15. The molecule has 2 atom stereocenters. The Kier molecular flexibility index (Phi) is 4.28. The topological polar surface area (TPSA) is 78.9 Å². The van der Waals surface area contributed by atoms with Crippen molar-refractivity contribution in [2.45, 2.75) is 50.8 Å². The largest absolute Gasteiger partial charge is 0.409 e. The van der Waals surface area contributed by atoms with Gasteiger partial charge < -0.3 is 15.8 Å². The first-order chi connectivity index (χ1) is 9.03. The molecule has 6 heteroatoms. The Balaban J connectivity index is 2.25. The zero-order valence-electron chi connectivity index (χ0n) is 11.6. The third-order valence-electron chi connectivity index (χ3n) is 4.61. The number of carbonyl (C=O) groups is 1. The van der Waals surface area contributed by atoms with E-state index in [9.17, 15) is 4.79 Å². The van der Waals surface area contributed by atoms with E-state index in [0.29, 0.717) is 18.1 Å². The zero-order chi connectivity index (χ0) is 14.0. The number of hydrogen-bond donors (Lipinski definition) is 2. The van der Waals surface area contributed by atoms with Crippen molar-refractivity contribution in [1.82, 2.24) is 4.90 Å². The SMILES string of the molecule is CC1SCCN(C(=O)C2(C(N)=NO)CCCC2)C1C. The number of thioether (sulfide) groups is 1. The van der Waals surface area contributed by atoms with Gasteiger partial charge in [-0.3, -0.25) is 4.79 Å². The van der Waals surface area contributed by atoms with Crippen LogP contribution in [0, 0.1) is 5.41 Å². The lowest BCUT2D eigenvalue weighted by Crippen LogP contribution is -2.56. The molecule has 1 saturated carbocycles. The third kappa shape index (κ3) is 2.42. The fraction of sp³-hybridized carbons (Fsp3) is 0.846. The van der Waals surface area contributed by atoms with E-state index in [2.05, 4.69) is 19.0 Å². The van der Waals surface area contributed by atoms with Gasteiger partial charge in [-0.25, -0.2) is 0 Å². The minimum Gasteiger partial charge on any atom is -0.409 e. The minimum atomic E-state index is -0.759. The molecule has 2 fully saturated rings. The standard InChI is InChI=1S/C13H23N3O2S/c1-9-10(2)19-8-7-16(9)12(17)13(11(14)15-18)5-3-4-6-13/h9-10,18H,3-8H2,1-2H3,(H2,14,15). The lowest BCUT2D eigenvalue weighted by atomic mass is 9.82. The van der Waals surface area contributed by atoms with Crippen LogP contribution in [0.15, 0.2) is 5.16 Å². The maximum absolute atomic E-state index is 12.9. The van der Waals surface area contributed by atoms with E-state index in [-0.39, 0.29) is 17.8 Å². The summed E-state index contributed by atoms with van der Waals surface area (Å²) in [6, 6.07) is 0.204. The molecule has 108 valence electrons. The van der Waals surface area contributed by atoms with E-state index in [4.69, 9.17) is 10.9 Å². The summed E-state index contributed by atoms with van der Waals surface area (Å²) in [4.78, 5) is 14.9. The van der Waals surface area contributed by atoms with Crippen molar-refractivity contribution >= 4 is 23.5 Å². The first-order valence-corrected chi connectivity index (χ1v) is 7.98. The van der Waals surface area contributed by atoms with Gasteiger partial charge in [0.25, 0.3) is 0 Å². The maximum atomic E-state index is 12.9. The van der Waals surface area contributed by atoms with Crippen LogP contribution in [0.3, 0.4) is 0 Å². The van der Waals surface area contributed by atoms with Crippen LogP contribution in [0.1, 0.15) is 39.5 Å². The molecule has 1 aliphatic heterocycles. The molecule has 0 radical (unpaired) electrons. The van der Waals surface area contributed by atoms with Crippen molar-refractivity contribution in [3.05, 3.63) is 0 Å². The number of carbonyl (C=O) groups excluding carboxylic acids is 1. The highest BCUT2D eigenvalue weighted by molar-refractivity contribution is 8.00. The molecule has 3 N–H and O–H groups in total. The van der Waals surface area contributed by atoms with Crippen LogP contribution >= 0.6 is 11.8 Å². The average molecular weight is 285 g/mol. The highest BCUT2D eigenvalue weighted by Crippen LogP contribution is 2.41. The van der Waals surface area contributed by atoms with Gasteiger partial charge in [0.1, 0.15) is 5.41 Å². The van der Waals surface area contributed by atoms with Crippen molar-refractivity contribution < 1.29 is 10.0 Å². The fourth-order valence-corrected chi connectivity index (χ4v) is 4.25. The quantitative estimate of drug-likeness (QED) is 0.350. The smallest absolute Gasteiger partial charge is 0.236 e. The molecular weight excluding hydrogens is 262 g/mol. The molecule has 5 nitrogen and oxygen atoms in total. The van der Waals surface area contributed by atoms with Gasteiger partial charge >= 0.3 is 0 Å². The van der Waals surface area contributed by atoms with Crippen LogP contribution in [-0.4, -0.2) is 45.4 Å². The van der Waals surface area contributed by atoms with E-state index in [0.717, 1.165) is 25.1 Å². The molecule has 1 aliphatic carbocycles. The molecule has 0 aromatic rings. The number of amides is 1. The van der Waals surface area contributed by atoms with Crippen molar-refractivity contribution in [1.29, 1.82) is 0 Å². The number of nitrogens with two attached hydrogens (primary N) is 1. The van der Waals surface area contributed by atoms with Gasteiger partial charge in [-0.2, -0.15) is 11.8 Å². The van der Waals surface area contributed by atoms with Crippen LogP contribution in [0.25, 0.3) is 0 Å². The average Bonchev–Trinajstić information content (AvgIpc) is 2.91. The van der Waals surface area contributed by atoms with E-state index in [1.54, 1.807) is 0 Å². The van der Waals surface area contributed by atoms with Gasteiger partial charge in [-0.1, -0.05) is 24.9 Å². The first-order valence-electron chi connectivity index (χ1n) is 6.93. The molecule has 1 heterocycles. The summed E-state index contributed by atoms with van der Waals surface area (Å²) < 4.78 is 0. The zero-order valence-corrected chi connectivity index (χ0v) is 12.4. The Morgan fingerprint density at radius 3 is 2.63 bits per heavy atom. The second-order valence-electron chi connectivity index (χ2n) is 5.59. The van der Waals surface area contributed by atoms with Crippen LogP contribution in [-0.2, 0) is 4.79 Å². The van der Waals surface area contributed by atoms with Crippen molar-refractivity contribution in [2.24, 2.45) is 16.3 Å². The Morgan fingerprint density at radius 1 is 1.42 bits per heavy atom. The summed E-state index contributed by atoms with van der Waals surface area (Å²) in [7, 11) is 0. The number of hydrogen-bond acceptors (Lipinski definition) is 4. The first kappa shape index (κ1) is 14.5. The summed E-state index contributed by atoms with van der Waals surface area (Å²) in [5.41, 5.74) is 5.09. The van der Waals surface area contributed by atoms with E-state index in [1.807, 2.05) is 16.7 Å². The lowest BCUT2D eigenvalue weighted by Gasteiger charge is -2.42. The van der Waals surface area contributed by atoms with Crippen LogP contribution in [0.5, 0.6) is 0 Å². The second kappa shape index (κ2) is 5.61. The monoisotopic (exact) mass is 285 g/mol. The molecule has 19 heavy (non-hydrogen) atoms. The second-order valence-corrected chi connectivity index (χ2v) is 7.07. The predicted octanol–water partition coefficient (Wildman–Crippen LogP) is 1.65. The van der Waals surface area contributed by atoms with Gasteiger partial charge in [0.2, 0.25) is 5.91 Å². The molecule has 2 aliphatic rings. The van der Waals surface area contributed by atoms with Crippen LogP contribution in [0.2, 0.25) is 0 Å². The summed E-state index contributed by atoms with van der Waals surface area (Å²) in [6.07, 6.45) is 3.34. The number of amidine groups is 1.